The fourth-order valence-corrected chi connectivity index (χ4v) is 2.90. The Kier molecular flexibility index (Phi) is 8.06. The summed E-state index contributed by atoms with van der Waals surface area (Å²) in [7, 11) is 1.58. The molecule has 23 heavy (non-hydrogen) atoms. The SMILES string of the molecule is CNC(=O)[C@H](CC1CCCCC1)NC(=O)[C@H](C)NC(=O)C(C)C. The van der Waals surface area contributed by atoms with Crippen LogP contribution in [0.3, 0.4) is 0 Å². The van der Waals surface area contributed by atoms with Gasteiger partial charge in [-0.3, -0.25) is 14.4 Å². The molecule has 0 unspecified atom stereocenters. The number of hydrogen-bond acceptors (Lipinski definition) is 3. The predicted molar refractivity (Wildman–Crippen MR) is 89.6 cm³/mol. The van der Waals surface area contributed by atoms with E-state index in [-0.39, 0.29) is 23.6 Å². The third kappa shape index (κ3) is 6.59. The van der Waals surface area contributed by atoms with Crippen LogP contribution < -0.4 is 16.0 Å². The summed E-state index contributed by atoms with van der Waals surface area (Å²) in [5, 5.41) is 8.07. The van der Waals surface area contributed by atoms with E-state index < -0.39 is 12.1 Å². The van der Waals surface area contributed by atoms with Crippen molar-refractivity contribution in [3.63, 3.8) is 0 Å². The molecule has 3 amide bonds. The summed E-state index contributed by atoms with van der Waals surface area (Å²) in [5.41, 5.74) is 0. The van der Waals surface area contributed by atoms with Gasteiger partial charge in [0.2, 0.25) is 17.7 Å². The van der Waals surface area contributed by atoms with Crippen LogP contribution in [0.2, 0.25) is 0 Å². The van der Waals surface area contributed by atoms with E-state index in [4.69, 9.17) is 0 Å². The van der Waals surface area contributed by atoms with Crippen molar-refractivity contribution in [2.45, 2.75) is 71.4 Å². The van der Waals surface area contributed by atoms with E-state index in [1.54, 1.807) is 27.8 Å². The molecule has 0 spiro atoms. The van der Waals surface area contributed by atoms with Crippen LogP contribution in [0.15, 0.2) is 0 Å². The number of carbonyl (C=O) groups excluding carboxylic acids is 3. The highest BCUT2D eigenvalue weighted by atomic mass is 16.2. The zero-order valence-electron chi connectivity index (χ0n) is 14.8. The smallest absolute Gasteiger partial charge is 0.242 e. The van der Waals surface area contributed by atoms with Gasteiger partial charge in [-0.15, -0.1) is 0 Å². The largest absolute Gasteiger partial charge is 0.357 e. The van der Waals surface area contributed by atoms with Gasteiger partial charge < -0.3 is 16.0 Å². The van der Waals surface area contributed by atoms with Gasteiger partial charge in [0.15, 0.2) is 0 Å². The van der Waals surface area contributed by atoms with Crippen LogP contribution in [-0.2, 0) is 14.4 Å². The lowest BCUT2D eigenvalue weighted by Gasteiger charge is -2.27. The molecule has 0 aromatic carbocycles. The third-order valence-electron chi connectivity index (χ3n) is 4.45. The van der Waals surface area contributed by atoms with Gasteiger partial charge in [-0.2, -0.15) is 0 Å². The first kappa shape index (κ1) is 19.5. The Morgan fingerprint density at radius 2 is 1.52 bits per heavy atom. The molecule has 1 aliphatic carbocycles. The monoisotopic (exact) mass is 325 g/mol. The highest BCUT2D eigenvalue weighted by Crippen LogP contribution is 2.27. The molecule has 3 N–H and O–H groups in total. The molecule has 2 atom stereocenters. The first-order valence-electron chi connectivity index (χ1n) is 8.67. The van der Waals surface area contributed by atoms with Gasteiger partial charge in [-0.1, -0.05) is 46.0 Å². The summed E-state index contributed by atoms with van der Waals surface area (Å²) >= 11 is 0. The lowest BCUT2D eigenvalue weighted by molar-refractivity contribution is -0.132. The zero-order valence-corrected chi connectivity index (χ0v) is 14.8. The van der Waals surface area contributed by atoms with E-state index in [0.29, 0.717) is 12.3 Å². The number of hydrogen-bond donors (Lipinski definition) is 3. The van der Waals surface area contributed by atoms with E-state index in [9.17, 15) is 14.4 Å². The minimum atomic E-state index is -0.650. The summed E-state index contributed by atoms with van der Waals surface area (Å²) in [4.78, 5) is 36.0. The van der Waals surface area contributed by atoms with Crippen LogP contribution in [0.4, 0.5) is 0 Å². The minimum Gasteiger partial charge on any atom is -0.357 e. The minimum absolute atomic E-state index is 0.170. The Morgan fingerprint density at radius 1 is 0.913 bits per heavy atom. The van der Waals surface area contributed by atoms with E-state index >= 15 is 0 Å². The number of likely N-dealkylation sites (N-methyl/N-ethyl adjacent to an activating group) is 1. The second-order valence-corrected chi connectivity index (χ2v) is 6.80. The number of amides is 3. The van der Waals surface area contributed by atoms with Crippen molar-refractivity contribution < 1.29 is 14.4 Å². The Morgan fingerprint density at radius 3 is 2.04 bits per heavy atom. The van der Waals surface area contributed by atoms with Gasteiger partial charge >= 0.3 is 0 Å². The number of nitrogens with one attached hydrogen (secondary N) is 3. The average Bonchev–Trinajstić information content (AvgIpc) is 2.54. The predicted octanol–water partition coefficient (Wildman–Crippen LogP) is 1.35. The van der Waals surface area contributed by atoms with Crippen molar-refractivity contribution in [3.8, 4) is 0 Å². The van der Waals surface area contributed by atoms with E-state index in [1.807, 2.05) is 0 Å². The molecular weight excluding hydrogens is 294 g/mol. The molecule has 6 nitrogen and oxygen atoms in total. The van der Waals surface area contributed by atoms with Crippen molar-refractivity contribution in [1.29, 1.82) is 0 Å². The second-order valence-electron chi connectivity index (χ2n) is 6.80. The number of carbonyl (C=O) groups is 3. The van der Waals surface area contributed by atoms with Crippen LogP contribution in [0.5, 0.6) is 0 Å². The van der Waals surface area contributed by atoms with Gasteiger partial charge in [0.25, 0.3) is 0 Å². The molecule has 132 valence electrons. The lowest BCUT2D eigenvalue weighted by atomic mass is 9.84. The first-order valence-corrected chi connectivity index (χ1v) is 8.67. The maximum atomic E-state index is 12.3. The standard InChI is InChI=1S/C17H31N3O3/c1-11(2)15(21)19-12(3)16(22)20-14(17(23)18-4)10-13-8-6-5-7-9-13/h11-14H,5-10H2,1-4H3,(H,18,23)(H,19,21)(H,20,22)/t12-,14-/m0/s1. The quantitative estimate of drug-likeness (QED) is 0.660. The van der Waals surface area contributed by atoms with Crippen LogP contribution in [0, 0.1) is 11.8 Å². The maximum Gasteiger partial charge on any atom is 0.242 e. The molecule has 1 aliphatic rings. The third-order valence-corrected chi connectivity index (χ3v) is 4.45. The number of rotatable bonds is 7. The van der Waals surface area contributed by atoms with Crippen molar-refractivity contribution in [2.75, 3.05) is 7.05 Å². The molecule has 0 radical (unpaired) electrons. The summed E-state index contributed by atoms with van der Waals surface area (Å²) in [5.74, 6) is -0.361. The molecule has 1 fully saturated rings. The molecular formula is C17H31N3O3. The molecule has 0 bridgehead atoms. The Balaban J connectivity index is 2.59. The summed E-state index contributed by atoms with van der Waals surface area (Å²) < 4.78 is 0. The van der Waals surface area contributed by atoms with Gasteiger partial charge in [-0.05, 0) is 19.3 Å². The van der Waals surface area contributed by atoms with Crippen LogP contribution >= 0.6 is 0 Å². The summed E-state index contributed by atoms with van der Waals surface area (Å²) in [6.45, 7) is 5.18. The molecule has 0 heterocycles. The first-order chi connectivity index (χ1) is 10.8. The molecule has 0 aromatic heterocycles. The van der Waals surface area contributed by atoms with E-state index in [2.05, 4.69) is 16.0 Å². The fraction of sp³-hybridized carbons (Fsp3) is 0.824. The second kappa shape index (κ2) is 9.53. The van der Waals surface area contributed by atoms with Crippen molar-refractivity contribution >= 4 is 17.7 Å². The highest BCUT2D eigenvalue weighted by Gasteiger charge is 2.27. The molecule has 6 heteroatoms. The summed E-state index contributed by atoms with van der Waals surface area (Å²) in [6.07, 6.45) is 6.54. The molecule has 0 saturated heterocycles. The Bertz CT molecular complexity index is 417. The Labute approximate surface area is 139 Å². The van der Waals surface area contributed by atoms with E-state index in [0.717, 1.165) is 12.8 Å². The molecule has 0 aliphatic heterocycles. The van der Waals surface area contributed by atoms with Crippen LogP contribution in [0.1, 0.15) is 59.3 Å². The van der Waals surface area contributed by atoms with E-state index in [1.165, 1.54) is 19.3 Å². The normalized spacial score (nSPS) is 18.1. The average molecular weight is 325 g/mol. The maximum absolute atomic E-state index is 12.3. The van der Waals surface area contributed by atoms with Crippen molar-refractivity contribution in [2.24, 2.45) is 11.8 Å². The van der Waals surface area contributed by atoms with Gasteiger partial charge in [-0.25, -0.2) is 0 Å². The molecule has 1 saturated carbocycles. The fourth-order valence-electron chi connectivity index (χ4n) is 2.90. The topological polar surface area (TPSA) is 87.3 Å². The van der Waals surface area contributed by atoms with Crippen molar-refractivity contribution in [3.05, 3.63) is 0 Å². The summed E-state index contributed by atoms with van der Waals surface area (Å²) in [6, 6.07) is -1.18. The van der Waals surface area contributed by atoms with Crippen LogP contribution in [-0.4, -0.2) is 36.9 Å². The highest BCUT2D eigenvalue weighted by molar-refractivity contribution is 5.92. The molecule has 1 rings (SSSR count). The Hall–Kier alpha value is -1.59. The van der Waals surface area contributed by atoms with Gasteiger partial charge in [0.1, 0.15) is 12.1 Å². The lowest BCUT2D eigenvalue weighted by Crippen LogP contribution is -2.53. The van der Waals surface area contributed by atoms with Crippen LogP contribution in [0.25, 0.3) is 0 Å². The van der Waals surface area contributed by atoms with Crippen molar-refractivity contribution in [1.82, 2.24) is 16.0 Å². The zero-order chi connectivity index (χ0) is 17.4. The molecule has 0 aromatic rings. The van der Waals surface area contributed by atoms with Gasteiger partial charge in [0, 0.05) is 13.0 Å². The van der Waals surface area contributed by atoms with Gasteiger partial charge in [0.05, 0.1) is 0 Å².